The summed E-state index contributed by atoms with van der Waals surface area (Å²) in [4.78, 5) is 81.9. The third-order valence-electron chi connectivity index (χ3n) is 12.0. The molecule has 15 nitrogen and oxygen atoms in total. The van der Waals surface area contributed by atoms with E-state index in [9.17, 15) is 37.5 Å². The minimum absolute atomic E-state index is 0.0281. The molecule has 334 valence electrons. The number of ether oxygens (including phenoxy) is 3. The molecule has 0 unspecified atom stereocenters. The fraction of sp³-hybridized carbons (Fsp3) is 0.435. The van der Waals surface area contributed by atoms with Crippen LogP contribution in [0, 0.1) is 23.5 Å². The summed E-state index contributed by atoms with van der Waals surface area (Å²) in [6, 6.07) is 12.4. The fourth-order valence-electron chi connectivity index (χ4n) is 8.84. The minimum atomic E-state index is -1.04. The van der Waals surface area contributed by atoms with Crippen molar-refractivity contribution in [1.29, 1.82) is 0 Å². The molecular formula is C46H52F2N6O9. The number of nitrogens with zero attached hydrogens (tertiary/aromatic N) is 3. The van der Waals surface area contributed by atoms with Gasteiger partial charge in [-0.2, -0.15) is 0 Å². The molecule has 4 heterocycles. The quantitative estimate of drug-likeness (QED) is 0.147. The van der Waals surface area contributed by atoms with Gasteiger partial charge in [0.05, 0.1) is 31.5 Å². The molecule has 63 heavy (non-hydrogen) atoms. The first-order valence-electron chi connectivity index (χ1n) is 21.1. The summed E-state index contributed by atoms with van der Waals surface area (Å²) in [5, 5.41) is 8.81. The van der Waals surface area contributed by atoms with E-state index in [0.717, 1.165) is 11.5 Å². The van der Waals surface area contributed by atoms with Crippen molar-refractivity contribution in [3.8, 4) is 17.0 Å². The number of likely N-dealkylation sites (tertiary alicyclic amines) is 2. The molecule has 3 aromatic carbocycles. The number of anilines is 1. The van der Waals surface area contributed by atoms with Crippen LogP contribution >= 0.6 is 0 Å². The number of Topliss-reactive ketones (excluding diaryl/α,β-unsaturated/α-hetero) is 1. The maximum absolute atomic E-state index is 14.8. The van der Waals surface area contributed by atoms with Crippen LogP contribution in [0.5, 0.6) is 5.75 Å². The summed E-state index contributed by atoms with van der Waals surface area (Å²) in [6.45, 7) is 7.90. The average Bonchev–Trinajstić information content (AvgIpc) is 4.02. The third-order valence-corrected chi connectivity index (χ3v) is 12.0. The number of halogens is 2. The third kappa shape index (κ3) is 9.18. The standard InChI is InChI=1S/C46H52F2N6O9/c1-24(2)39(50-45(59)61-5)42(57)52-15-7-9-34(52)37(55)18-26-11-14-33-27(17-26)21-36-32-13-12-31(23-38(32)63-44(54(33)36)28-19-29(47)22-30(48)20-28)49-41(56)35-10-8-16-53(35)43(58)40(25(3)4)51-46(60)62-6/h11-14,17,19-25,34-35,39-40,44H,7-10,15-16,18H2,1-6H3,(H,49,56)(H,50,59)(H,51,60)/t34-,35-,39-,40-,44-/m0/s1. The zero-order chi connectivity index (χ0) is 45.3. The van der Waals surface area contributed by atoms with Crippen LogP contribution in [-0.2, 0) is 35.1 Å². The zero-order valence-electron chi connectivity index (χ0n) is 36.0. The lowest BCUT2D eigenvalue weighted by Gasteiger charge is -2.31. The number of methoxy groups -OCH3 is 2. The smallest absolute Gasteiger partial charge is 0.407 e. The Morgan fingerprint density at radius 3 is 1.92 bits per heavy atom. The lowest BCUT2D eigenvalue weighted by molar-refractivity contribution is -0.139. The lowest BCUT2D eigenvalue weighted by Crippen LogP contribution is -2.54. The van der Waals surface area contributed by atoms with Gasteiger partial charge in [-0.25, -0.2) is 18.4 Å². The Bertz CT molecular complexity index is 2430. The highest BCUT2D eigenvalue weighted by Gasteiger charge is 2.41. The van der Waals surface area contributed by atoms with Gasteiger partial charge in [0.15, 0.2) is 5.78 Å². The van der Waals surface area contributed by atoms with Crippen LogP contribution in [0.4, 0.5) is 24.1 Å². The predicted molar refractivity (Wildman–Crippen MR) is 228 cm³/mol. The van der Waals surface area contributed by atoms with Crippen molar-refractivity contribution in [3.63, 3.8) is 0 Å². The Balaban J connectivity index is 1.16. The highest BCUT2D eigenvalue weighted by Crippen LogP contribution is 2.45. The van der Waals surface area contributed by atoms with Crippen LogP contribution in [0.3, 0.4) is 0 Å². The minimum Gasteiger partial charge on any atom is -0.465 e. The number of aromatic nitrogens is 1. The second kappa shape index (κ2) is 18.4. The molecule has 4 aromatic rings. The Morgan fingerprint density at radius 1 is 0.746 bits per heavy atom. The molecule has 0 bridgehead atoms. The first kappa shape index (κ1) is 44.5. The van der Waals surface area contributed by atoms with E-state index in [0.29, 0.717) is 72.5 Å². The van der Waals surface area contributed by atoms with Crippen LogP contribution < -0.4 is 20.7 Å². The number of carbonyl (C=O) groups is 6. The zero-order valence-corrected chi connectivity index (χ0v) is 36.0. The summed E-state index contributed by atoms with van der Waals surface area (Å²) < 4.78 is 47.3. The number of amides is 5. The topological polar surface area (TPSA) is 178 Å². The summed E-state index contributed by atoms with van der Waals surface area (Å²) >= 11 is 0. The average molecular weight is 871 g/mol. The van der Waals surface area contributed by atoms with Gasteiger partial charge in [0.2, 0.25) is 23.9 Å². The van der Waals surface area contributed by atoms with E-state index in [1.807, 2.05) is 22.8 Å². The monoisotopic (exact) mass is 870 g/mol. The molecule has 0 aliphatic carbocycles. The highest BCUT2D eigenvalue weighted by molar-refractivity contribution is 6.00. The van der Waals surface area contributed by atoms with Gasteiger partial charge in [0.1, 0.15) is 35.5 Å². The second-order valence-corrected chi connectivity index (χ2v) is 16.9. The number of hydrogen-bond donors (Lipinski definition) is 3. The molecule has 3 aliphatic heterocycles. The fourth-order valence-corrected chi connectivity index (χ4v) is 8.84. The number of fused-ring (bicyclic) bond motifs is 5. The van der Waals surface area contributed by atoms with Crippen molar-refractivity contribution >= 4 is 52.3 Å². The number of alkyl carbamates (subject to hydrolysis) is 2. The van der Waals surface area contributed by atoms with Crippen molar-refractivity contribution in [3.05, 3.63) is 83.4 Å². The van der Waals surface area contributed by atoms with E-state index < -0.39 is 66.0 Å². The Labute approximate surface area is 363 Å². The lowest BCUT2D eigenvalue weighted by atomic mass is 9.99. The van der Waals surface area contributed by atoms with E-state index in [1.165, 1.54) is 31.3 Å². The maximum atomic E-state index is 14.8. The first-order valence-corrected chi connectivity index (χ1v) is 21.1. The summed E-state index contributed by atoms with van der Waals surface area (Å²) in [5.41, 5.74) is 3.19. The number of nitrogens with one attached hydrogen (secondary N) is 3. The molecule has 0 spiro atoms. The van der Waals surface area contributed by atoms with Crippen molar-refractivity contribution in [1.82, 2.24) is 25.0 Å². The largest absolute Gasteiger partial charge is 0.465 e. The van der Waals surface area contributed by atoms with Crippen LogP contribution in [0.2, 0.25) is 0 Å². The maximum Gasteiger partial charge on any atom is 0.407 e. The summed E-state index contributed by atoms with van der Waals surface area (Å²) in [7, 11) is 2.43. The second-order valence-electron chi connectivity index (χ2n) is 16.9. The van der Waals surface area contributed by atoms with E-state index in [2.05, 4.69) is 16.0 Å². The van der Waals surface area contributed by atoms with Gasteiger partial charge in [0, 0.05) is 53.8 Å². The van der Waals surface area contributed by atoms with E-state index in [4.69, 9.17) is 14.2 Å². The summed E-state index contributed by atoms with van der Waals surface area (Å²) in [6.07, 6.45) is -0.379. The van der Waals surface area contributed by atoms with Crippen molar-refractivity contribution in [2.45, 2.75) is 90.2 Å². The number of benzene rings is 3. The van der Waals surface area contributed by atoms with Crippen LogP contribution in [0.1, 0.15) is 70.7 Å². The highest BCUT2D eigenvalue weighted by atomic mass is 19.1. The van der Waals surface area contributed by atoms with Crippen LogP contribution in [0.25, 0.3) is 22.2 Å². The van der Waals surface area contributed by atoms with Gasteiger partial charge < -0.3 is 44.5 Å². The number of rotatable bonds is 12. The SMILES string of the molecule is COC(=O)N[C@H](C(=O)N1CCC[C@H]1C(=O)Cc1ccc2c(c1)cc1n2[C@H](c2cc(F)cc(F)c2)Oc2cc(NC(=O)[C@@H]3CCCN3C(=O)[C@@H](NC(=O)OC)C(C)C)ccc2-1)C(C)C. The molecular weight excluding hydrogens is 819 g/mol. The molecule has 0 radical (unpaired) electrons. The molecule has 5 amide bonds. The normalized spacial score (nSPS) is 18.9. The molecule has 2 saturated heterocycles. The van der Waals surface area contributed by atoms with Crippen LogP contribution in [0.15, 0.2) is 60.7 Å². The van der Waals surface area contributed by atoms with Gasteiger partial charge in [-0.05, 0) is 85.5 Å². The number of ketones is 1. The van der Waals surface area contributed by atoms with Gasteiger partial charge >= 0.3 is 12.2 Å². The Hall–Kier alpha value is -6.52. The molecule has 7 rings (SSSR count). The van der Waals surface area contributed by atoms with Crippen LogP contribution in [-0.4, -0.2) is 102 Å². The molecule has 1 aromatic heterocycles. The van der Waals surface area contributed by atoms with E-state index in [-0.39, 0.29) is 35.5 Å². The first-order chi connectivity index (χ1) is 30.1. The van der Waals surface area contributed by atoms with Gasteiger partial charge in [-0.1, -0.05) is 33.8 Å². The van der Waals surface area contributed by atoms with E-state index in [1.54, 1.807) is 56.9 Å². The molecule has 3 aliphatic rings. The number of hydrogen-bond acceptors (Lipinski definition) is 9. The molecule has 0 saturated carbocycles. The van der Waals surface area contributed by atoms with Gasteiger partial charge in [-0.3, -0.25) is 19.2 Å². The van der Waals surface area contributed by atoms with Gasteiger partial charge in [0.25, 0.3) is 0 Å². The summed E-state index contributed by atoms with van der Waals surface area (Å²) in [5.74, 6) is -3.11. The molecule has 2 fully saturated rings. The molecule has 3 N–H and O–H groups in total. The predicted octanol–water partition coefficient (Wildman–Crippen LogP) is 6.32. The number of carbonyl (C=O) groups excluding carboxylic acids is 6. The van der Waals surface area contributed by atoms with Crippen molar-refractivity contribution in [2.75, 3.05) is 32.6 Å². The van der Waals surface area contributed by atoms with Gasteiger partial charge in [-0.15, -0.1) is 0 Å². The molecule has 17 heteroatoms. The van der Waals surface area contributed by atoms with Crippen molar-refractivity contribution in [2.24, 2.45) is 11.8 Å². The Kier molecular flexibility index (Phi) is 13.0. The molecule has 5 atom stereocenters. The van der Waals surface area contributed by atoms with Crippen molar-refractivity contribution < 1.29 is 51.8 Å². The Morgan fingerprint density at radius 2 is 1.33 bits per heavy atom. The van der Waals surface area contributed by atoms with E-state index >= 15 is 0 Å².